The normalized spacial score (nSPS) is 12.4. The fourth-order valence-corrected chi connectivity index (χ4v) is 1.94. The zero-order chi connectivity index (χ0) is 11.4. The molecular formula is C10H12N4OS. The Morgan fingerprint density at radius 2 is 2.25 bits per heavy atom. The molecule has 1 unspecified atom stereocenters. The summed E-state index contributed by atoms with van der Waals surface area (Å²) in [5.74, 6) is 0.737. The number of methoxy groups -OCH3 is 1. The summed E-state index contributed by atoms with van der Waals surface area (Å²) in [5.41, 5.74) is 1.90. The van der Waals surface area contributed by atoms with Crippen molar-refractivity contribution in [1.29, 1.82) is 0 Å². The lowest BCUT2D eigenvalue weighted by atomic mass is 10.1. The third kappa shape index (κ3) is 2.17. The summed E-state index contributed by atoms with van der Waals surface area (Å²) < 4.78 is 13.4. The topological polar surface area (TPSA) is 59.9 Å². The number of pyridine rings is 1. The number of hydrogen-bond donors (Lipinski definition) is 1. The summed E-state index contributed by atoms with van der Waals surface area (Å²) in [5, 5.41) is 3.18. The van der Waals surface area contributed by atoms with Crippen LogP contribution in [0.2, 0.25) is 0 Å². The van der Waals surface area contributed by atoms with Crippen LogP contribution in [0.15, 0.2) is 24.7 Å². The molecule has 0 spiro atoms. The van der Waals surface area contributed by atoms with Gasteiger partial charge in [0.2, 0.25) is 0 Å². The second kappa shape index (κ2) is 5.00. The maximum atomic E-state index is 5.14. The van der Waals surface area contributed by atoms with Crippen LogP contribution in [-0.2, 0) is 0 Å². The molecule has 2 aromatic heterocycles. The Labute approximate surface area is 97.8 Å². The lowest BCUT2D eigenvalue weighted by Crippen LogP contribution is -2.18. The van der Waals surface area contributed by atoms with Gasteiger partial charge in [0.1, 0.15) is 5.75 Å². The number of rotatable bonds is 4. The van der Waals surface area contributed by atoms with Gasteiger partial charge in [-0.15, -0.1) is 0 Å². The Morgan fingerprint density at radius 1 is 1.38 bits per heavy atom. The summed E-state index contributed by atoms with van der Waals surface area (Å²) in [4.78, 5) is 4.12. The molecule has 0 aliphatic carbocycles. The lowest BCUT2D eigenvalue weighted by Gasteiger charge is -2.13. The van der Waals surface area contributed by atoms with Gasteiger partial charge in [0.05, 0.1) is 43.0 Å². The lowest BCUT2D eigenvalue weighted by molar-refractivity contribution is 0.411. The van der Waals surface area contributed by atoms with E-state index < -0.39 is 0 Å². The molecule has 0 aromatic carbocycles. The van der Waals surface area contributed by atoms with Gasteiger partial charge in [-0.1, -0.05) is 0 Å². The molecule has 0 bridgehead atoms. The van der Waals surface area contributed by atoms with E-state index in [2.05, 4.69) is 19.0 Å². The fourth-order valence-electron chi connectivity index (χ4n) is 1.49. The summed E-state index contributed by atoms with van der Waals surface area (Å²) in [6.45, 7) is 0. The molecule has 0 aliphatic heterocycles. The molecule has 0 saturated heterocycles. The van der Waals surface area contributed by atoms with E-state index in [0.717, 1.165) is 17.0 Å². The molecule has 1 atom stereocenters. The predicted molar refractivity (Wildman–Crippen MR) is 61.6 cm³/mol. The third-order valence-electron chi connectivity index (χ3n) is 2.27. The fraction of sp³-hybridized carbons (Fsp3) is 0.300. The minimum absolute atomic E-state index is 0.00125. The molecule has 6 heteroatoms. The van der Waals surface area contributed by atoms with E-state index in [-0.39, 0.29) is 6.04 Å². The summed E-state index contributed by atoms with van der Waals surface area (Å²) in [7, 11) is 3.50. The molecule has 2 heterocycles. The first-order valence-corrected chi connectivity index (χ1v) is 5.52. The Morgan fingerprint density at radius 3 is 2.88 bits per heavy atom. The van der Waals surface area contributed by atoms with Crippen LogP contribution in [0.5, 0.6) is 5.75 Å². The van der Waals surface area contributed by atoms with Crippen molar-refractivity contribution < 1.29 is 4.74 Å². The highest BCUT2D eigenvalue weighted by molar-refractivity contribution is 6.99. The molecule has 2 rings (SSSR count). The van der Waals surface area contributed by atoms with Crippen LogP contribution in [0.1, 0.15) is 17.3 Å². The minimum Gasteiger partial charge on any atom is -0.495 e. The molecule has 1 N–H and O–H groups in total. The van der Waals surface area contributed by atoms with Crippen molar-refractivity contribution in [1.82, 2.24) is 19.0 Å². The first kappa shape index (κ1) is 11.0. The number of ether oxygens (including phenoxy) is 1. The molecule has 2 aromatic rings. The van der Waals surface area contributed by atoms with Gasteiger partial charge in [0.25, 0.3) is 0 Å². The van der Waals surface area contributed by atoms with Crippen molar-refractivity contribution in [3.63, 3.8) is 0 Å². The molecule has 0 amide bonds. The van der Waals surface area contributed by atoms with Gasteiger partial charge in [0.15, 0.2) is 0 Å². The van der Waals surface area contributed by atoms with Gasteiger partial charge in [-0.2, -0.15) is 8.75 Å². The summed E-state index contributed by atoms with van der Waals surface area (Å²) >= 11 is 1.20. The van der Waals surface area contributed by atoms with Gasteiger partial charge in [-0.3, -0.25) is 4.98 Å². The van der Waals surface area contributed by atoms with Gasteiger partial charge in [-0.25, -0.2) is 0 Å². The standard InChI is InChI=1S/C10H12N4OS/c1-11-10(9-6-13-16-14-9)7-3-8(15-2)5-12-4-7/h3-6,10-11H,1-2H3. The van der Waals surface area contributed by atoms with Crippen molar-refractivity contribution in [2.24, 2.45) is 0 Å². The van der Waals surface area contributed by atoms with Gasteiger partial charge >= 0.3 is 0 Å². The third-order valence-corrected chi connectivity index (χ3v) is 2.76. The summed E-state index contributed by atoms with van der Waals surface area (Å²) in [6.07, 6.45) is 5.23. The number of nitrogens with one attached hydrogen (secondary N) is 1. The van der Waals surface area contributed by atoms with E-state index in [0.29, 0.717) is 0 Å². The van der Waals surface area contributed by atoms with E-state index in [1.807, 2.05) is 13.1 Å². The summed E-state index contributed by atoms with van der Waals surface area (Å²) in [6, 6.07) is 1.94. The first-order chi connectivity index (χ1) is 7.85. The van der Waals surface area contributed by atoms with Crippen molar-refractivity contribution in [3.05, 3.63) is 35.9 Å². The molecule has 16 heavy (non-hydrogen) atoms. The zero-order valence-electron chi connectivity index (χ0n) is 9.04. The van der Waals surface area contributed by atoms with E-state index in [1.165, 1.54) is 11.7 Å². The molecule has 0 aliphatic rings. The van der Waals surface area contributed by atoms with Crippen LogP contribution in [0.3, 0.4) is 0 Å². The average molecular weight is 236 g/mol. The molecule has 0 saturated carbocycles. The van der Waals surface area contributed by atoms with E-state index in [1.54, 1.807) is 25.7 Å². The number of aromatic nitrogens is 3. The Bertz CT molecular complexity index is 446. The highest BCUT2D eigenvalue weighted by atomic mass is 32.1. The van der Waals surface area contributed by atoms with Gasteiger partial charge < -0.3 is 10.1 Å². The predicted octanol–water partition coefficient (Wildman–Crippen LogP) is 1.25. The second-order valence-electron chi connectivity index (χ2n) is 3.21. The molecular weight excluding hydrogens is 224 g/mol. The quantitative estimate of drug-likeness (QED) is 0.865. The van der Waals surface area contributed by atoms with Crippen LogP contribution in [0.25, 0.3) is 0 Å². The average Bonchev–Trinajstić information content (AvgIpc) is 2.84. The van der Waals surface area contributed by atoms with Gasteiger partial charge in [-0.05, 0) is 18.7 Å². The molecule has 0 radical (unpaired) electrons. The highest BCUT2D eigenvalue weighted by Crippen LogP contribution is 2.22. The minimum atomic E-state index is 0.00125. The maximum absolute atomic E-state index is 5.14. The van der Waals surface area contributed by atoms with Crippen LogP contribution in [0, 0.1) is 0 Å². The number of nitrogens with zero attached hydrogens (tertiary/aromatic N) is 3. The van der Waals surface area contributed by atoms with Crippen molar-refractivity contribution >= 4 is 11.7 Å². The smallest absolute Gasteiger partial charge is 0.137 e. The van der Waals surface area contributed by atoms with E-state index in [9.17, 15) is 0 Å². The molecule has 84 valence electrons. The van der Waals surface area contributed by atoms with E-state index in [4.69, 9.17) is 4.74 Å². The van der Waals surface area contributed by atoms with Crippen LogP contribution >= 0.6 is 11.7 Å². The van der Waals surface area contributed by atoms with Crippen LogP contribution in [-0.4, -0.2) is 27.9 Å². The van der Waals surface area contributed by atoms with Crippen LogP contribution < -0.4 is 10.1 Å². The second-order valence-corrected chi connectivity index (χ2v) is 3.77. The van der Waals surface area contributed by atoms with Crippen LogP contribution in [0.4, 0.5) is 0 Å². The zero-order valence-corrected chi connectivity index (χ0v) is 9.86. The Hall–Kier alpha value is -1.53. The maximum Gasteiger partial charge on any atom is 0.137 e. The van der Waals surface area contributed by atoms with E-state index >= 15 is 0 Å². The highest BCUT2D eigenvalue weighted by Gasteiger charge is 2.15. The van der Waals surface area contributed by atoms with Crippen molar-refractivity contribution in [2.45, 2.75) is 6.04 Å². The molecule has 5 nitrogen and oxygen atoms in total. The van der Waals surface area contributed by atoms with Crippen molar-refractivity contribution in [2.75, 3.05) is 14.2 Å². The number of hydrogen-bond acceptors (Lipinski definition) is 6. The SMILES string of the molecule is CNC(c1cncc(OC)c1)c1cnsn1. The monoisotopic (exact) mass is 236 g/mol. The Balaban J connectivity index is 2.33. The molecule has 0 fully saturated rings. The van der Waals surface area contributed by atoms with Gasteiger partial charge in [0, 0.05) is 6.20 Å². The Kier molecular flexibility index (Phi) is 3.43. The first-order valence-electron chi connectivity index (χ1n) is 4.79. The largest absolute Gasteiger partial charge is 0.495 e. The van der Waals surface area contributed by atoms with Crippen molar-refractivity contribution in [3.8, 4) is 5.75 Å².